The molecule has 1 aromatic carbocycles. The maximum absolute atomic E-state index is 12.0. The Morgan fingerprint density at radius 2 is 2.11 bits per heavy atom. The number of benzene rings is 1. The highest BCUT2D eigenvalue weighted by atomic mass is 79.9. The Kier molecular flexibility index (Phi) is 5.03. The van der Waals surface area contributed by atoms with E-state index in [9.17, 15) is 4.79 Å². The van der Waals surface area contributed by atoms with Crippen molar-refractivity contribution in [2.24, 2.45) is 0 Å². The number of carbonyl (C=O) groups excluding carboxylic acids is 1. The summed E-state index contributed by atoms with van der Waals surface area (Å²) < 4.78 is 6.83. The van der Waals surface area contributed by atoms with E-state index in [0.717, 1.165) is 15.5 Å². The van der Waals surface area contributed by atoms with Crippen LogP contribution in [0, 0.1) is 0 Å². The van der Waals surface area contributed by atoms with Gasteiger partial charge in [0.2, 0.25) is 0 Å². The molecule has 1 atom stereocenters. The van der Waals surface area contributed by atoms with Crippen LogP contribution in [-0.2, 0) is 9.53 Å². The molecular weight excluding hydrogens is 387 g/mol. The van der Waals surface area contributed by atoms with E-state index >= 15 is 0 Å². The summed E-state index contributed by atoms with van der Waals surface area (Å²) in [5.41, 5.74) is 0.651. The van der Waals surface area contributed by atoms with Gasteiger partial charge in [0.05, 0.1) is 12.3 Å². The first-order valence-electron chi connectivity index (χ1n) is 5.35. The molecule has 7 heteroatoms. The number of carbonyl (C=O) groups is 1. The number of hydrogen-bond donors (Lipinski definition) is 2. The Labute approximate surface area is 127 Å². The molecule has 2 rings (SSSR count). The molecule has 0 aliphatic carbocycles. The van der Waals surface area contributed by atoms with Gasteiger partial charge in [-0.2, -0.15) is 0 Å². The standard InChI is InChI=1S/C11H11Br2ClN2O2/c12-7-3-6(14)4-8(13)10(7)16-11(17)9-5-15-1-2-18-9/h3-4,9,15H,1-2,5H2,(H,16,17). The molecule has 0 spiro atoms. The molecule has 1 fully saturated rings. The average Bonchev–Trinajstić information content (AvgIpc) is 2.34. The fourth-order valence-electron chi connectivity index (χ4n) is 1.60. The van der Waals surface area contributed by atoms with Gasteiger partial charge in [0.1, 0.15) is 6.10 Å². The van der Waals surface area contributed by atoms with E-state index in [2.05, 4.69) is 42.5 Å². The van der Waals surface area contributed by atoms with Gasteiger partial charge in [-0.15, -0.1) is 0 Å². The summed E-state index contributed by atoms with van der Waals surface area (Å²) in [6.45, 7) is 1.84. The summed E-state index contributed by atoms with van der Waals surface area (Å²) in [7, 11) is 0. The van der Waals surface area contributed by atoms with Crippen LogP contribution in [-0.4, -0.2) is 31.7 Å². The molecular formula is C11H11Br2ClN2O2. The van der Waals surface area contributed by atoms with Gasteiger partial charge in [-0.05, 0) is 44.0 Å². The van der Waals surface area contributed by atoms with Crippen molar-refractivity contribution in [1.82, 2.24) is 5.32 Å². The fraction of sp³-hybridized carbons (Fsp3) is 0.364. The number of anilines is 1. The van der Waals surface area contributed by atoms with Gasteiger partial charge in [-0.3, -0.25) is 4.79 Å². The third-order valence-electron chi connectivity index (χ3n) is 2.48. The lowest BCUT2D eigenvalue weighted by Crippen LogP contribution is -2.45. The molecule has 1 heterocycles. The molecule has 1 aromatic rings. The zero-order valence-corrected chi connectivity index (χ0v) is 13.2. The van der Waals surface area contributed by atoms with Crippen LogP contribution in [0.1, 0.15) is 0 Å². The van der Waals surface area contributed by atoms with Gasteiger partial charge in [0, 0.05) is 27.1 Å². The molecule has 0 saturated carbocycles. The molecule has 1 unspecified atom stereocenters. The minimum atomic E-state index is -0.465. The Balaban J connectivity index is 2.11. The van der Waals surface area contributed by atoms with Gasteiger partial charge in [0.15, 0.2) is 0 Å². The van der Waals surface area contributed by atoms with Crippen LogP contribution in [0.5, 0.6) is 0 Å². The lowest BCUT2D eigenvalue weighted by Gasteiger charge is -2.23. The Bertz CT molecular complexity index is 441. The lowest BCUT2D eigenvalue weighted by atomic mass is 10.2. The van der Waals surface area contributed by atoms with E-state index < -0.39 is 6.10 Å². The van der Waals surface area contributed by atoms with Crippen molar-refractivity contribution < 1.29 is 9.53 Å². The molecule has 98 valence electrons. The summed E-state index contributed by atoms with van der Waals surface area (Å²) >= 11 is 12.6. The quantitative estimate of drug-likeness (QED) is 0.806. The van der Waals surface area contributed by atoms with Crippen molar-refractivity contribution >= 4 is 55.1 Å². The molecule has 0 bridgehead atoms. The SMILES string of the molecule is O=C(Nc1c(Br)cc(Cl)cc1Br)C1CNCCO1. The van der Waals surface area contributed by atoms with Gasteiger partial charge in [0.25, 0.3) is 5.91 Å². The topological polar surface area (TPSA) is 50.4 Å². The lowest BCUT2D eigenvalue weighted by molar-refractivity contribution is -0.128. The second-order valence-electron chi connectivity index (χ2n) is 3.80. The third kappa shape index (κ3) is 3.45. The van der Waals surface area contributed by atoms with Crippen LogP contribution in [0.25, 0.3) is 0 Å². The summed E-state index contributed by atoms with van der Waals surface area (Å²) in [4.78, 5) is 12.0. The van der Waals surface area contributed by atoms with Crippen molar-refractivity contribution in [3.8, 4) is 0 Å². The molecule has 1 aliphatic rings. The Morgan fingerprint density at radius 3 is 2.67 bits per heavy atom. The molecule has 0 aromatic heterocycles. The number of ether oxygens (including phenoxy) is 1. The minimum absolute atomic E-state index is 0.175. The summed E-state index contributed by atoms with van der Waals surface area (Å²) in [5.74, 6) is -0.175. The monoisotopic (exact) mass is 396 g/mol. The second-order valence-corrected chi connectivity index (χ2v) is 5.94. The zero-order valence-electron chi connectivity index (χ0n) is 9.30. The Hall–Kier alpha value is -0.140. The smallest absolute Gasteiger partial charge is 0.254 e. The number of amides is 1. The van der Waals surface area contributed by atoms with Crippen LogP contribution in [0.3, 0.4) is 0 Å². The third-order valence-corrected chi connectivity index (χ3v) is 3.94. The highest BCUT2D eigenvalue weighted by Gasteiger charge is 2.23. The van der Waals surface area contributed by atoms with Crippen LogP contribution < -0.4 is 10.6 Å². The Morgan fingerprint density at radius 1 is 1.44 bits per heavy atom. The van der Waals surface area contributed by atoms with E-state index in [1.54, 1.807) is 12.1 Å². The van der Waals surface area contributed by atoms with Crippen molar-refractivity contribution in [1.29, 1.82) is 0 Å². The zero-order chi connectivity index (χ0) is 13.1. The maximum atomic E-state index is 12.0. The van der Waals surface area contributed by atoms with E-state index in [4.69, 9.17) is 16.3 Å². The highest BCUT2D eigenvalue weighted by molar-refractivity contribution is 9.11. The number of rotatable bonds is 2. The number of nitrogens with one attached hydrogen (secondary N) is 2. The molecule has 0 radical (unpaired) electrons. The predicted molar refractivity (Wildman–Crippen MR) is 78.1 cm³/mol. The summed E-state index contributed by atoms with van der Waals surface area (Å²) in [5, 5.41) is 6.51. The molecule has 4 nitrogen and oxygen atoms in total. The molecule has 1 saturated heterocycles. The van der Waals surface area contributed by atoms with Gasteiger partial charge in [-0.1, -0.05) is 11.6 Å². The van der Waals surface area contributed by atoms with Gasteiger partial charge in [-0.25, -0.2) is 0 Å². The van der Waals surface area contributed by atoms with E-state index in [-0.39, 0.29) is 5.91 Å². The van der Waals surface area contributed by atoms with Crippen LogP contribution in [0.4, 0.5) is 5.69 Å². The van der Waals surface area contributed by atoms with Gasteiger partial charge < -0.3 is 15.4 Å². The van der Waals surface area contributed by atoms with Crippen LogP contribution in [0.15, 0.2) is 21.1 Å². The molecule has 2 N–H and O–H groups in total. The number of halogens is 3. The van der Waals surface area contributed by atoms with Crippen molar-refractivity contribution in [3.63, 3.8) is 0 Å². The minimum Gasteiger partial charge on any atom is -0.366 e. The second kappa shape index (κ2) is 6.34. The molecule has 1 amide bonds. The van der Waals surface area contributed by atoms with Gasteiger partial charge >= 0.3 is 0 Å². The molecule has 18 heavy (non-hydrogen) atoms. The van der Waals surface area contributed by atoms with Crippen molar-refractivity contribution in [2.45, 2.75) is 6.10 Å². The highest BCUT2D eigenvalue weighted by Crippen LogP contribution is 2.34. The van der Waals surface area contributed by atoms with Crippen LogP contribution in [0.2, 0.25) is 5.02 Å². The molecule has 1 aliphatic heterocycles. The van der Waals surface area contributed by atoms with E-state index in [1.165, 1.54) is 0 Å². The first-order chi connectivity index (χ1) is 8.58. The van der Waals surface area contributed by atoms with Crippen molar-refractivity contribution in [3.05, 3.63) is 26.1 Å². The first kappa shape index (κ1) is 14.3. The average molecular weight is 398 g/mol. The number of morpholine rings is 1. The number of hydrogen-bond acceptors (Lipinski definition) is 3. The van der Waals surface area contributed by atoms with Crippen molar-refractivity contribution in [2.75, 3.05) is 25.0 Å². The largest absolute Gasteiger partial charge is 0.366 e. The summed E-state index contributed by atoms with van der Waals surface area (Å²) in [6.07, 6.45) is -0.465. The van der Waals surface area contributed by atoms with E-state index in [0.29, 0.717) is 23.9 Å². The summed E-state index contributed by atoms with van der Waals surface area (Å²) in [6, 6.07) is 3.45. The maximum Gasteiger partial charge on any atom is 0.254 e. The predicted octanol–water partition coefficient (Wildman–Crippen LogP) is 2.79. The van der Waals surface area contributed by atoms with E-state index in [1.807, 2.05) is 0 Å². The normalized spacial score (nSPS) is 19.6. The first-order valence-corrected chi connectivity index (χ1v) is 7.32. The van der Waals surface area contributed by atoms with Crippen LogP contribution >= 0.6 is 43.5 Å². The fourth-order valence-corrected chi connectivity index (χ4v) is 3.47.